The van der Waals surface area contributed by atoms with E-state index >= 15 is 0 Å². The molecule has 1 atom stereocenters. The fraction of sp³-hybridized carbons (Fsp3) is 0.455. The molecule has 0 spiro atoms. The molecule has 0 aromatic heterocycles. The van der Waals surface area contributed by atoms with Crippen molar-refractivity contribution in [3.05, 3.63) is 24.3 Å². The van der Waals surface area contributed by atoms with Crippen LogP contribution >= 0.6 is 0 Å². The molecular formula is C11H18N2O3S. The van der Waals surface area contributed by atoms with Crippen LogP contribution in [-0.4, -0.2) is 25.7 Å². The highest BCUT2D eigenvalue weighted by Gasteiger charge is 2.16. The van der Waals surface area contributed by atoms with Crippen molar-refractivity contribution in [1.29, 1.82) is 0 Å². The number of aliphatic hydroxyl groups is 1. The van der Waals surface area contributed by atoms with Crippen LogP contribution in [0.1, 0.15) is 20.3 Å². The molecule has 0 amide bonds. The average Bonchev–Trinajstić information content (AvgIpc) is 2.26. The largest absolute Gasteiger partial charge is 0.388 e. The second-order valence-corrected chi connectivity index (χ2v) is 5.83. The van der Waals surface area contributed by atoms with Gasteiger partial charge in [0.2, 0.25) is 10.0 Å². The van der Waals surface area contributed by atoms with Crippen LogP contribution in [0, 0.1) is 0 Å². The topological polar surface area (TPSA) is 92.4 Å². The summed E-state index contributed by atoms with van der Waals surface area (Å²) in [5.74, 6) is 0. The second-order valence-electron chi connectivity index (χ2n) is 4.27. The quantitative estimate of drug-likeness (QED) is 0.732. The molecule has 0 saturated carbocycles. The maximum atomic E-state index is 11.0. The Bertz CT molecular complexity index is 466. The van der Waals surface area contributed by atoms with Gasteiger partial charge in [-0.3, -0.25) is 0 Å². The molecule has 96 valence electrons. The summed E-state index contributed by atoms with van der Waals surface area (Å²) in [6.45, 7) is 4.03. The first-order valence-corrected chi connectivity index (χ1v) is 6.88. The average molecular weight is 258 g/mol. The van der Waals surface area contributed by atoms with E-state index in [1.807, 2.05) is 6.92 Å². The van der Waals surface area contributed by atoms with Crippen molar-refractivity contribution in [1.82, 2.24) is 0 Å². The van der Waals surface area contributed by atoms with Gasteiger partial charge in [-0.25, -0.2) is 13.6 Å². The van der Waals surface area contributed by atoms with E-state index in [0.29, 0.717) is 13.0 Å². The first-order chi connectivity index (χ1) is 7.74. The Morgan fingerprint density at radius 3 is 2.29 bits per heavy atom. The van der Waals surface area contributed by atoms with Gasteiger partial charge in [-0.15, -0.1) is 0 Å². The zero-order valence-electron chi connectivity index (χ0n) is 9.97. The fourth-order valence-corrected chi connectivity index (χ4v) is 1.70. The summed E-state index contributed by atoms with van der Waals surface area (Å²) in [4.78, 5) is 0.0744. The third-order valence-electron chi connectivity index (χ3n) is 2.62. The molecule has 0 saturated heterocycles. The SMILES string of the molecule is CCC(C)(O)CNc1ccc(S(N)(=O)=O)cc1. The van der Waals surface area contributed by atoms with Gasteiger partial charge < -0.3 is 10.4 Å². The highest BCUT2D eigenvalue weighted by Crippen LogP contribution is 2.15. The smallest absolute Gasteiger partial charge is 0.238 e. The van der Waals surface area contributed by atoms with Crippen LogP contribution in [0.15, 0.2) is 29.2 Å². The highest BCUT2D eigenvalue weighted by atomic mass is 32.2. The molecule has 6 heteroatoms. The molecule has 17 heavy (non-hydrogen) atoms. The van der Waals surface area contributed by atoms with E-state index < -0.39 is 15.6 Å². The molecule has 0 aliphatic carbocycles. The number of nitrogens with two attached hydrogens (primary N) is 1. The summed E-state index contributed by atoms with van der Waals surface area (Å²) in [7, 11) is -3.64. The maximum absolute atomic E-state index is 11.0. The Morgan fingerprint density at radius 2 is 1.88 bits per heavy atom. The predicted molar refractivity (Wildman–Crippen MR) is 67.2 cm³/mol. The van der Waals surface area contributed by atoms with Gasteiger partial charge in [0, 0.05) is 12.2 Å². The third-order valence-corrected chi connectivity index (χ3v) is 3.55. The van der Waals surface area contributed by atoms with Crippen molar-refractivity contribution >= 4 is 15.7 Å². The lowest BCUT2D eigenvalue weighted by Crippen LogP contribution is -2.32. The van der Waals surface area contributed by atoms with Crippen molar-refractivity contribution in [3.63, 3.8) is 0 Å². The molecule has 4 N–H and O–H groups in total. The Kier molecular flexibility index (Phi) is 4.13. The highest BCUT2D eigenvalue weighted by molar-refractivity contribution is 7.89. The number of primary sulfonamides is 1. The van der Waals surface area contributed by atoms with E-state index in [1.165, 1.54) is 12.1 Å². The van der Waals surface area contributed by atoms with Gasteiger partial charge in [0.1, 0.15) is 0 Å². The van der Waals surface area contributed by atoms with Crippen LogP contribution in [0.5, 0.6) is 0 Å². The van der Waals surface area contributed by atoms with Crippen LogP contribution < -0.4 is 10.5 Å². The van der Waals surface area contributed by atoms with E-state index in [4.69, 9.17) is 5.14 Å². The maximum Gasteiger partial charge on any atom is 0.238 e. The minimum atomic E-state index is -3.64. The standard InChI is InChI=1S/C11H18N2O3S/c1-3-11(2,14)8-13-9-4-6-10(7-5-9)17(12,15)16/h4-7,13-14H,3,8H2,1-2H3,(H2,12,15,16). The minimum absolute atomic E-state index is 0.0744. The van der Waals surface area contributed by atoms with Gasteiger partial charge >= 0.3 is 0 Å². The zero-order valence-corrected chi connectivity index (χ0v) is 10.8. The Hall–Kier alpha value is -1.11. The van der Waals surface area contributed by atoms with Crippen LogP contribution in [0.4, 0.5) is 5.69 Å². The van der Waals surface area contributed by atoms with Crippen molar-refractivity contribution in [2.45, 2.75) is 30.8 Å². The van der Waals surface area contributed by atoms with Crippen molar-refractivity contribution < 1.29 is 13.5 Å². The van der Waals surface area contributed by atoms with Crippen molar-refractivity contribution in [2.75, 3.05) is 11.9 Å². The normalized spacial score (nSPS) is 15.3. The fourth-order valence-electron chi connectivity index (χ4n) is 1.18. The Labute approximate surface area is 102 Å². The molecule has 0 radical (unpaired) electrons. The second kappa shape index (κ2) is 5.03. The summed E-state index contributed by atoms with van der Waals surface area (Å²) < 4.78 is 22.0. The van der Waals surface area contributed by atoms with E-state index in [1.54, 1.807) is 19.1 Å². The number of nitrogens with one attached hydrogen (secondary N) is 1. The number of sulfonamides is 1. The Balaban J connectivity index is 2.70. The van der Waals surface area contributed by atoms with E-state index in [0.717, 1.165) is 5.69 Å². The molecule has 0 bridgehead atoms. The first-order valence-electron chi connectivity index (χ1n) is 5.34. The van der Waals surface area contributed by atoms with Crippen LogP contribution in [0.2, 0.25) is 0 Å². The molecule has 0 aliphatic rings. The van der Waals surface area contributed by atoms with Crippen LogP contribution in [-0.2, 0) is 10.0 Å². The lowest BCUT2D eigenvalue weighted by Gasteiger charge is -2.22. The van der Waals surface area contributed by atoms with E-state index in [9.17, 15) is 13.5 Å². The number of benzene rings is 1. The minimum Gasteiger partial charge on any atom is -0.388 e. The van der Waals surface area contributed by atoms with Gasteiger partial charge in [-0.05, 0) is 37.6 Å². The van der Waals surface area contributed by atoms with Gasteiger partial charge in [-0.1, -0.05) is 6.92 Å². The summed E-state index contributed by atoms with van der Waals surface area (Å²) >= 11 is 0. The molecule has 0 heterocycles. The molecule has 0 aliphatic heterocycles. The van der Waals surface area contributed by atoms with Gasteiger partial charge in [0.15, 0.2) is 0 Å². The van der Waals surface area contributed by atoms with E-state index in [2.05, 4.69) is 5.32 Å². The molecule has 5 nitrogen and oxygen atoms in total. The van der Waals surface area contributed by atoms with Crippen LogP contribution in [0.3, 0.4) is 0 Å². The molecular weight excluding hydrogens is 240 g/mol. The number of hydrogen-bond donors (Lipinski definition) is 3. The lowest BCUT2D eigenvalue weighted by atomic mass is 10.0. The number of hydrogen-bond acceptors (Lipinski definition) is 4. The zero-order chi connectivity index (χ0) is 13.1. The molecule has 1 aromatic carbocycles. The summed E-state index contributed by atoms with van der Waals surface area (Å²) in [5.41, 5.74) is -0.0374. The molecule has 1 unspecified atom stereocenters. The van der Waals surface area contributed by atoms with Gasteiger partial charge in [-0.2, -0.15) is 0 Å². The summed E-state index contributed by atoms with van der Waals surface area (Å²) in [6, 6.07) is 6.09. The van der Waals surface area contributed by atoms with Gasteiger partial charge in [0.25, 0.3) is 0 Å². The van der Waals surface area contributed by atoms with Crippen LogP contribution in [0.25, 0.3) is 0 Å². The Morgan fingerprint density at radius 1 is 1.35 bits per heavy atom. The molecule has 1 rings (SSSR count). The molecule has 1 aromatic rings. The number of anilines is 1. The monoisotopic (exact) mass is 258 g/mol. The molecule has 0 fully saturated rings. The summed E-state index contributed by atoms with van der Waals surface area (Å²) in [6.07, 6.45) is 0.634. The first kappa shape index (κ1) is 14.0. The summed E-state index contributed by atoms with van der Waals surface area (Å²) in [5, 5.41) is 17.8. The van der Waals surface area contributed by atoms with Gasteiger partial charge in [0.05, 0.1) is 10.5 Å². The predicted octanol–water partition coefficient (Wildman–Crippen LogP) is 0.907. The van der Waals surface area contributed by atoms with Crippen molar-refractivity contribution in [2.24, 2.45) is 5.14 Å². The van der Waals surface area contributed by atoms with Crippen molar-refractivity contribution in [3.8, 4) is 0 Å². The van der Waals surface area contributed by atoms with E-state index in [-0.39, 0.29) is 4.90 Å². The lowest BCUT2D eigenvalue weighted by molar-refractivity contribution is 0.0697. The number of rotatable bonds is 5. The third kappa shape index (κ3) is 4.33.